The molecule has 4 heteroatoms. The number of Topliss-reactive ketones (excluding diaryl/α,β-unsaturated/α-hetero) is 1. The fourth-order valence-corrected chi connectivity index (χ4v) is 2.27. The molecule has 0 saturated heterocycles. The van der Waals surface area contributed by atoms with Crippen LogP contribution in [0, 0.1) is 0 Å². The number of thiophene rings is 1. The Morgan fingerprint density at radius 1 is 1.29 bits per heavy atom. The van der Waals surface area contributed by atoms with Crippen LogP contribution in [-0.4, -0.2) is 17.7 Å². The maximum absolute atomic E-state index is 11.7. The average Bonchev–Trinajstić information content (AvgIpc) is 2.86. The molecule has 0 spiro atoms. The van der Waals surface area contributed by atoms with Crippen molar-refractivity contribution in [3.8, 4) is 0 Å². The predicted octanol–water partition coefficient (Wildman–Crippen LogP) is 3.02. The van der Waals surface area contributed by atoms with Crippen LogP contribution in [0.15, 0.2) is 17.5 Å². The number of carbonyl (C=O) groups excluding carboxylic acids is 2. The molecule has 0 aliphatic heterocycles. The number of carbonyl (C=O) groups is 2. The molecule has 94 valence electrons. The Morgan fingerprint density at radius 3 is 2.53 bits per heavy atom. The van der Waals surface area contributed by atoms with Gasteiger partial charge in [0.25, 0.3) is 0 Å². The zero-order valence-electron chi connectivity index (χ0n) is 10.4. The third-order valence-corrected chi connectivity index (χ3v) is 3.64. The standard InChI is InChI=1S/C13H19NO2S/c1-3-10(4-2)14-13(16)8-7-11(15)12-6-5-9-17-12/h5-6,9-10H,3-4,7-8H2,1-2H3,(H,14,16). The highest BCUT2D eigenvalue weighted by atomic mass is 32.1. The Kier molecular flexibility index (Phi) is 5.91. The molecule has 0 bridgehead atoms. The van der Waals surface area contributed by atoms with Crippen molar-refractivity contribution >= 4 is 23.0 Å². The highest BCUT2D eigenvalue weighted by Gasteiger charge is 2.12. The van der Waals surface area contributed by atoms with Crippen molar-refractivity contribution in [2.24, 2.45) is 0 Å². The highest BCUT2D eigenvalue weighted by Crippen LogP contribution is 2.12. The minimum atomic E-state index is -0.0244. The molecule has 1 aromatic heterocycles. The van der Waals surface area contributed by atoms with Crippen molar-refractivity contribution in [1.82, 2.24) is 5.32 Å². The van der Waals surface area contributed by atoms with Crippen molar-refractivity contribution in [2.75, 3.05) is 0 Å². The summed E-state index contributed by atoms with van der Waals surface area (Å²) in [6.45, 7) is 4.09. The molecule has 0 radical (unpaired) electrons. The van der Waals surface area contributed by atoms with Crippen LogP contribution in [0.4, 0.5) is 0 Å². The van der Waals surface area contributed by atoms with E-state index in [-0.39, 0.29) is 24.2 Å². The molecule has 3 nitrogen and oxygen atoms in total. The van der Waals surface area contributed by atoms with Gasteiger partial charge in [-0.2, -0.15) is 0 Å². The number of amides is 1. The smallest absolute Gasteiger partial charge is 0.220 e. The van der Waals surface area contributed by atoms with Crippen molar-refractivity contribution < 1.29 is 9.59 Å². The van der Waals surface area contributed by atoms with E-state index in [2.05, 4.69) is 5.32 Å². The molecule has 0 aliphatic carbocycles. The van der Waals surface area contributed by atoms with Gasteiger partial charge in [-0.1, -0.05) is 19.9 Å². The number of nitrogens with one attached hydrogen (secondary N) is 1. The fourth-order valence-electron chi connectivity index (χ4n) is 1.58. The predicted molar refractivity (Wildman–Crippen MR) is 70.4 cm³/mol. The Labute approximate surface area is 106 Å². The number of ketones is 1. The van der Waals surface area contributed by atoms with Gasteiger partial charge in [-0.05, 0) is 24.3 Å². The summed E-state index contributed by atoms with van der Waals surface area (Å²) in [6.07, 6.45) is 2.45. The molecule has 17 heavy (non-hydrogen) atoms. The summed E-state index contributed by atoms with van der Waals surface area (Å²) in [5.74, 6) is 0.0308. The van der Waals surface area contributed by atoms with Gasteiger partial charge in [-0.3, -0.25) is 9.59 Å². The van der Waals surface area contributed by atoms with E-state index in [4.69, 9.17) is 0 Å². The minimum absolute atomic E-state index is 0.0244. The van der Waals surface area contributed by atoms with E-state index in [1.54, 1.807) is 6.07 Å². The van der Waals surface area contributed by atoms with E-state index in [0.29, 0.717) is 6.42 Å². The molecular formula is C13H19NO2S. The third kappa shape index (κ3) is 4.69. The fraction of sp³-hybridized carbons (Fsp3) is 0.538. The zero-order valence-corrected chi connectivity index (χ0v) is 11.2. The minimum Gasteiger partial charge on any atom is -0.353 e. The molecule has 1 N–H and O–H groups in total. The first-order valence-electron chi connectivity index (χ1n) is 6.03. The van der Waals surface area contributed by atoms with E-state index in [9.17, 15) is 9.59 Å². The third-order valence-electron chi connectivity index (χ3n) is 2.73. The highest BCUT2D eigenvalue weighted by molar-refractivity contribution is 7.12. The first kappa shape index (κ1) is 13.9. The van der Waals surface area contributed by atoms with Crippen molar-refractivity contribution in [3.05, 3.63) is 22.4 Å². The zero-order chi connectivity index (χ0) is 12.7. The number of hydrogen-bond donors (Lipinski definition) is 1. The van der Waals surface area contributed by atoms with E-state index < -0.39 is 0 Å². The monoisotopic (exact) mass is 253 g/mol. The summed E-state index contributed by atoms with van der Waals surface area (Å²) < 4.78 is 0. The van der Waals surface area contributed by atoms with Crippen LogP contribution in [0.1, 0.15) is 49.2 Å². The van der Waals surface area contributed by atoms with Crippen LogP contribution in [0.25, 0.3) is 0 Å². The average molecular weight is 253 g/mol. The molecule has 1 heterocycles. The lowest BCUT2D eigenvalue weighted by atomic mass is 10.1. The topological polar surface area (TPSA) is 46.2 Å². The lowest BCUT2D eigenvalue weighted by Gasteiger charge is -2.14. The van der Waals surface area contributed by atoms with Crippen LogP contribution < -0.4 is 5.32 Å². The quantitative estimate of drug-likeness (QED) is 0.759. The second-order valence-corrected chi connectivity index (χ2v) is 4.93. The van der Waals surface area contributed by atoms with E-state index >= 15 is 0 Å². The van der Waals surface area contributed by atoms with Crippen molar-refractivity contribution in [3.63, 3.8) is 0 Å². The molecule has 1 amide bonds. The Morgan fingerprint density at radius 2 is 2.00 bits per heavy atom. The van der Waals surface area contributed by atoms with Gasteiger partial charge >= 0.3 is 0 Å². The lowest BCUT2D eigenvalue weighted by Crippen LogP contribution is -2.33. The van der Waals surface area contributed by atoms with E-state index in [1.807, 2.05) is 25.3 Å². The number of rotatable bonds is 7. The van der Waals surface area contributed by atoms with Gasteiger partial charge < -0.3 is 5.32 Å². The molecule has 1 aromatic rings. The van der Waals surface area contributed by atoms with Gasteiger partial charge in [0.15, 0.2) is 5.78 Å². The molecule has 0 fully saturated rings. The van der Waals surface area contributed by atoms with Gasteiger partial charge in [-0.25, -0.2) is 0 Å². The van der Waals surface area contributed by atoms with Crippen molar-refractivity contribution in [2.45, 2.75) is 45.6 Å². The second-order valence-electron chi connectivity index (χ2n) is 3.98. The summed E-state index contributed by atoms with van der Waals surface area (Å²) in [6, 6.07) is 3.88. The summed E-state index contributed by atoms with van der Waals surface area (Å²) in [5, 5.41) is 4.80. The Bertz CT molecular complexity index is 356. The van der Waals surface area contributed by atoms with Gasteiger partial charge in [0, 0.05) is 18.9 Å². The maximum Gasteiger partial charge on any atom is 0.220 e. The van der Waals surface area contributed by atoms with Gasteiger partial charge in [0.1, 0.15) is 0 Å². The van der Waals surface area contributed by atoms with Crippen LogP contribution in [0.3, 0.4) is 0 Å². The second kappa shape index (κ2) is 7.22. The molecular weight excluding hydrogens is 234 g/mol. The van der Waals surface area contributed by atoms with Gasteiger partial charge in [-0.15, -0.1) is 11.3 Å². The summed E-state index contributed by atoms with van der Waals surface area (Å²) in [4.78, 5) is 24.0. The van der Waals surface area contributed by atoms with Crippen LogP contribution in [0.2, 0.25) is 0 Å². The SMILES string of the molecule is CCC(CC)NC(=O)CCC(=O)c1cccs1. The molecule has 1 rings (SSSR count). The molecule has 0 aliphatic rings. The molecule has 0 atom stereocenters. The molecule has 0 aromatic carbocycles. The first-order valence-corrected chi connectivity index (χ1v) is 6.91. The molecule has 0 saturated carbocycles. The van der Waals surface area contributed by atoms with Crippen LogP contribution >= 0.6 is 11.3 Å². The maximum atomic E-state index is 11.7. The summed E-state index contributed by atoms with van der Waals surface area (Å²) >= 11 is 1.42. The molecule has 0 unspecified atom stereocenters. The van der Waals surface area contributed by atoms with Crippen LogP contribution in [-0.2, 0) is 4.79 Å². The van der Waals surface area contributed by atoms with Crippen molar-refractivity contribution in [1.29, 1.82) is 0 Å². The Balaban J connectivity index is 2.31. The van der Waals surface area contributed by atoms with E-state index in [1.165, 1.54) is 11.3 Å². The van der Waals surface area contributed by atoms with Gasteiger partial charge in [0.05, 0.1) is 4.88 Å². The lowest BCUT2D eigenvalue weighted by molar-refractivity contribution is -0.121. The van der Waals surface area contributed by atoms with Crippen LogP contribution in [0.5, 0.6) is 0 Å². The number of hydrogen-bond acceptors (Lipinski definition) is 3. The van der Waals surface area contributed by atoms with Gasteiger partial charge in [0.2, 0.25) is 5.91 Å². The Hall–Kier alpha value is -1.16. The summed E-state index contributed by atoms with van der Waals surface area (Å²) in [7, 11) is 0. The van der Waals surface area contributed by atoms with E-state index in [0.717, 1.165) is 17.7 Å². The summed E-state index contributed by atoms with van der Waals surface area (Å²) in [5.41, 5.74) is 0. The largest absolute Gasteiger partial charge is 0.353 e. The first-order chi connectivity index (χ1) is 8.17. The normalized spacial score (nSPS) is 10.5.